The molecule has 1 saturated heterocycles. The fraction of sp³-hybridized carbons (Fsp3) is 0.412. The van der Waals surface area contributed by atoms with Crippen LogP contribution in [0, 0.1) is 45.6 Å². The van der Waals surface area contributed by atoms with Crippen molar-refractivity contribution in [3.63, 3.8) is 0 Å². The van der Waals surface area contributed by atoms with Crippen LogP contribution in [0.25, 0.3) is 0 Å². The molecule has 6 nitrogen and oxygen atoms in total. The average Bonchev–Trinajstić information content (AvgIpc) is 3.32. The lowest BCUT2D eigenvalue weighted by Crippen LogP contribution is -2.40. The van der Waals surface area contributed by atoms with Gasteiger partial charge in [0, 0.05) is 12.1 Å². The maximum absolute atomic E-state index is 12.9. The van der Waals surface area contributed by atoms with Crippen LogP contribution in [0.2, 0.25) is 0 Å². The minimum Gasteiger partial charge on any atom is -0.274 e. The SMILES string of the molecule is O=C1[C@@H]2[C@@H]3C=C[C@H]([C@H]4C[C@@H]34)[C@@H]2C(=O)N1c1ccc([N+](=O)[O-])cc1. The predicted octanol–water partition coefficient (Wildman–Crippen LogP) is 2.15. The van der Waals surface area contributed by atoms with Crippen molar-refractivity contribution in [1.29, 1.82) is 0 Å². The van der Waals surface area contributed by atoms with E-state index < -0.39 is 4.92 Å². The number of imide groups is 1. The number of carbonyl (C=O) groups is 2. The Balaban J connectivity index is 1.53. The van der Waals surface area contributed by atoms with Crippen molar-refractivity contribution in [2.24, 2.45) is 35.5 Å². The molecule has 5 aliphatic rings. The van der Waals surface area contributed by atoms with Crippen LogP contribution in [0.15, 0.2) is 36.4 Å². The van der Waals surface area contributed by atoms with Gasteiger partial charge in [-0.05, 0) is 42.2 Å². The molecule has 6 rings (SSSR count). The van der Waals surface area contributed by atoms with Crippen LogP contribution < -0.4 is 4.90 Å². The number of allylic oxidation sites excluding steroid dienone is 2. The van der Waals surface area contributed by atoms with Gasteiger partial charge >= 0.3 is 0 Å². The summed E-state index contributed by atoms with van der Waals surface area (Å²) in [6.45, 7) is 0. The van der Waals surface area contributed by atoms with Crippen molar-refractivity contribution in [3.8, 4) is 0 Å². The van der Waals surface area contributed by atoms with E-state index >= 15 is 0 Å². The zero-order chi connectivity index (χ0) is 15.9. The molecule has 2 saturated carbocycles. The standard InChI is InChI=1S/C17H14N2O4/c20-16-14-10-5-6-11(13-7-12(10)13)15(14)17(21)18(16)8-1-3-9(4-2-8)19(22)23/h1-6,10-15H,7H2/t10-,11-,12-,13+,14+,15-/m1/s1. The minimum absolute atomic E-state index is 0.0479. The van der Waals surface area contributed by atoms with Crippen LogP contribution in [0.5, 0.6) is 0 Å². The summed E-state index contributed by atoms with van der Waals surface area (Å²) in [5.74, 6) is 0.758. The van der Waals surface area contributed by atoms with E-state index in [1.807, 2.05) is 0 Å². The van der Waals surface area contributed by atoms with Gasteiger partial charge in [-0.25, -0.2) is 0 Å². The summed E-state index contributed by atoms with van der Waals surface area (Å²) in [5, 5.41) is 10.8. The number of hydrogen-bond acceptors (Lipinski definition) is 4. The first-order valence-electron chi connectivity index (χ1n) is 7.88. The minimum atomic E-state index is -0.491. The molecule has 23 heavy (non-hydrogen) atoms. The molecule has 0 radical (unpaired) electrons. The quantitative estimate of drug-likeness (QED) is 0.363. The molecule has 4 aliphatic carbocycles. The number of nitro groups is 1. The molecule has 6 heteroatoms. The monoisotopic (exact) mass is 310 g/mol. The van der Waals surface area contributed by atoms with Gasteiger partial charge in [0.25, 0.3) is 5.69 Å². The first-order valence-corrected chi connectivity index (χ1v) is 7.88. The van der Waals surface area contributed by atoms with Gasteiger partial charge in [0.05, 0.1) is 22.4 Å². The van der Waals surface area contributed by atoms with E-state index in [-0.39, 0.29) is 41.2 Å². The van der Waals surface area contributed by atoms with Gasteiger partial charge < -0.3 is 0 Å². The highest BCUT2D eigenvalue weighted by molar-refractivity contribution is 6.22. The van der Waals surface area contributed by atoms with Crippen LogP contribution in [0.1, 0.15) is 6.42 Å². The van der Waals surface area contributed by atoms with Gasteiger partial charge in [-0.1, -0.05) is 12.2 Å². The number of anilines is 1. The highest BCUT2D eigenvalue weighted by Gasteiger charge is 2.67. The zero-order valence-electron chi connectivity index (χ0n) is 12.2. The number of nitro benzene ring substituents is 1. The Kier molecular flexibility index (Phi) is 2.30. The fourth-order valence-corrected chi connectivity index (χ4v) is 4.93. The molecule has 0 N–H and O–H groups in total. The van der Waals surface area contributed by atoms with Crippen LogP contribution >= 0.6 is 0 Å². The summed E-state index contributed by atoms with van der Waals surface area (Å²) < 4.78 is 0. The Labute approximate surface area is 131 Å². The van der Waals surface area contributed by atoms with E-state index in [4.69, 9.17) is 0 Å². The van der Waals surface area contributed by atoms with Crippen LogP contribution in [0.4, 0.5) is 11.4 Å². The van der Waals surface area contributed by atoms with Crippen molar-refractivity contribution in [3.05, 3.63) is 46.5 Å². The van der Waals surface area contributed by atoms with Gasteiger partial charge in [-0.3, -0.25) is 24.6 Å². The largest absolute Gasteiger partial charge is 0.274 e. The second-order valence-corrected chi connectivity index (χ2v) is 6.94. The molecule has 1 aromatic rings. The van der Waals surface area contributed by atoms with Gasteiger partial charge in [-0.2, -0.15) is 0 Å². The molecule has 116 valence electrons. The molecule has 2 bridgehead atoms. The smallest absolute Gasteiger partial charge is 0.269 e. The first-order chi connectivity index (χ1) is 11.1. The number of benzene rings is 1. The maximum Gasteiger partial charge on any atom is 0.269 e. The summed E-state index contributed by atoms with van der Waals surface area (Å²) in [6.07, 6.45) is 5.39. The molecular formula is C17H14N2O4. The fourth-order valence-electron chi connectivity index (χ4n) is 4.93. The first kappa shape index (κ1) is 13.0. The van der Waals surface area contributed by atoms with Gasteiger partial charge in [-0.15, -0.1) is 0 Å². The second kappa shape index (κ2) is 4.07. The summed E-state index contributed by atoms with van der Waals surface area (Å²) in [6, 6.07) is 5.65. The van der Waals surface area contributed by atoms with Crippen molar-refractivity contribution in [2.45, 2.75) is 6.42 Å². The predicted molar refractivity (Wildman–Crippen MR) is 80.3 cm³/mol. The van der Waals surface area contributed by atoms with Crippen molar-refractivity contribution < 1.29 is 14.5 Å². The summed E-state index contributed by atoms with van der Waals surface area (Å²) in [4.78, 5) is 37.2. The third-order valence-electron chi connectivity index (χ3n) is 5.98. The molecular weight excluding hydrogens is 296 g/mol. The normalized spacial score (nSPS) is 39.4. The average molecular weight is 310 g/mol. The Morgan fingerprint density at radius 2 is 1.48 bits per heavy atom. The van der Waals surface area contributed by atoms with E-state index in [1.165, 1.54) is 29.2 Å². The third kappa shape index (κ3) is 1.53. The molecule has 3 fully saturated rings. The van der Waals surface area contributed by atoms with Gasteiger partial charge in [0.15, 0.2) is 0 Å². The van der Waals surface area contributed by atoms with E-state index in [9.17, 15) is 19.7 Å². The molecule has 1 aromatic carbocycles. The second-order valence-electron chi connectivity index (χ2n) is 6.94. The van der Waals surface area contributed by atoms with E-state index in [0.29, 0.717) is 17.5 Å². The molecule has 0 unspecified atom stereocenters. The molecule has 0 aromatic heterocycles. The lowest BCUT2D eigenvalue weighted by molar-refractivity contribution is -0.384. The Morgan fingerprint density at radius 1 is 0.957 bits per heavy atom. The molecule has 6 atom stereocenters. The molecule has 1 aliphatic heterocycles. The topological polar surface area (TPSA) is 80.5 Å². The van der Waals surface area contributed by atoms with Gasteiger partial charge in [0.2, 0.25) is 11.8 Å². The lowest BCUT2D eigenvalue weighted by Gasteiger charge is -2.37. The van der Waals surface area contributed by atoms with Crippen LogP contribution in [-0.2, 0) is 9.59 Å². The lowest BCUT2D eigenvalue weighted by atomic mass is 9.63. The van der Waals surface area contributed by atoms with Gasteiger partial charge in [0.1, 0.15) is 0 Å². The van der Waals surface area contributed by atoms with Crippen LogP contribution in [-0.4, -0.2) is 16.7 Å². The Bertz CT molecular complexity index is 748. The molecule has 1 heterocycles. The number of rotatable bonds is 2. The number of carbonyl (C=O) groups excluding carboxylic acids is 2. The Morgan fingerprint density at radius 3 is 1.96 bits per heavy atom. The van der Waals surface area contributed by atoms with Crippen molar-refractivity contribution in [1.82, 2.24) is 0 Å². The number of amides is 2. The summed E-state index contributed by atoms with van der Waals surface area (Å²) >= 11 is 0. The number of hydrogen-bond donors (Lipinski definition) is 0. The van der Waals surface area contributed by atoms with Crippen LogP contribution in [0.3, 0.4) is 0 Å². The number of non-ortho nitro benzene ring substituents is 1. The molecule has 2 amide bonds. The Hall–Kier alpha value is -2.50. The van der Waals surface area contributed by atoms with Crippen molar-refractivity contribution >= 4 is 23.2 Å². The summed E-state index contributed by atoms with van der Waals surface area (Å²) in [7, 11) is 0. The van der Waals surface area contributed by atoms with E-state index in [0.717, 1.165) is 6.42 Å². The summed E-state index contributed by atoms with van der Waals surface area (Å²) in [5.41, 5.74) is 0.390. The highest BCUT2D eigenvalue weighted by Crippen LogP contribution is 2.65. The zero-order valence-corrected chi connectivity index (χ0v) is 12.2. The number of nitrogens with zero attached hydrogens (tertiary/aromatic N) is 2. The third-order valence-corrected chi connectivity index (χ3v) is 5.98. The van der Waals surface area contributed by atoms with E-state index in [2.05, 4.69) is 12.2 Å². The highest BCUT2D eigenvalue weighted by atomic mass is 16.6. The maximum atomic E-state index is 12.9. The molecule has 0 spiro atoms. The van der Waals surface area contributed by atoms with Crippen molar-refractivity contribution in [2.75, 3.05) is 4.90 Å². The van der Waals surface area contributed by atoms with E-state index in [1.54, 1.807) is 0 Å².